The molecule has 0 saturated carbocycles. The maximum absolute atomic E-state index is 11.9. The highest BCUT2D eigenvalue weighted by Gasteiger charge is 2.23. The van der Waals surface area contributed by atoms with E-state index in [0.717, 1.165) is 12.8 Å². The summed E-state index contributed by atoms with van der Waals surface area (Å²) in [6.45, 7) is 1.46. The van der Waals surface area contributed by atoms with Gasteiger partial charge in [0.25, 0.3) is 0 Å². The van der Waals surface area contributed by atoms with Crippen molar-refractivity contribution in [3.8, 4) is 0 Å². The number of hydrogen-bond donors (Lipinski definition) is 3. The van der Waals surface area contributed by atoms with Crippen LogP contribution in [0, 0.1) is 5.92 Å². The van der Waals surface area contributed by atoms with Gasteiger partial charge in [-0.05, 0) is 18.8 Å². The molecule has 1 aliphatic rings. The van der Waals surface area contributed by atoms with Crippen molar-refractivity contribution in [1.82, 2.24) is 10.2 Å². The molecule has 1 fully saturated rings. The molecular weight excluding hydrogens is 252 g/mol. The van der Waals surface area contributed by atoms with E-state index in [0.29, 0.717) is 13.1 Å². The molecule has 1 saturated heterocycles. The first-order chi connectivity index (χ1) is 9.06. The molecule has 0 spiro atoms. The summed E-state index contributed by atoms with van der Waals surface area (Å²) in [5, 5.41) is 20.4. The summed E-state index contributed by atoms with van der Waals surface area (Å²) in [5.74, 6) is -0.823. The van der Waals surface area contributed by atoms with Crippen LogP contribution in [0.4, 0.5) is 4.79 Å². The topological polar surface area (TPSA) is 99.1 Å². The number of rotatable bonds is 6. The first-order valence-corrected chi connectivity index (χ1v) is 6.45. The van der Waals surface area contributed by atoms with E-state index in [2.05, 4.69) is 5.32 Å². The Morgan fingerprint density at radius 1 is 1.53 bits per heavy atom. The lowest BCUT2D eigenvalue weighted by molar-refractivity contribution is -0.139. The molecule has 110 valence electrons. The largest absolute Gasteiger partial charge is 0.481 e. The number of aliphatic hydroxyl groups is 1. The van der Waals surface area contributed by atoms with Gasteiger partial charge in [0.15, 0.2) is 0 Å². The van der Waals surface area contributed by atoms with E-state index in [1.807, 2.05) is 0 Å². The number of carbonyl (C=O) groups excluding carboxylic acids is 1. The average molecular weight is 274 g/mol. The van der Waals surface area contributed by atoms with Crippen LogP contribution in [-0.2, 0) is 9.53 Å². The van der Waals surface area contributed by atoms with Crippen molar-refractivity contribution in [2.24, 2.45) is 5.92 Å². The van der Waals surface area contributed by atoms with Gasteiger partial charge in [0.2, 0.25) is 0 Å². The third kappa shape index (κ3) is 5.44. The van der Waals surface area contributed by atoms with Crippen LogP contribution in [0.2, 0.25) is 0 Å². The highest BCUT2D eigenvalue weighted by atomic mass is 16.5. The van der Waals surface area contributed by atoms with E-state index in [4.69, 9.17) is 14.9 Å². The molecule has 0 aromatic heterocycles. The Bertz CT molecular complexity index is 310. The van der Waals surface area contributed by atoms with Crippen LogP contribution in [-0.4, -0.2) is 66.6 Å². The number of piperidine rings is 1. The lowest BCUT2D eigenvalue weighted by Crippen LogP contribution is -2.48. The summed E-state index contributed by atoms with van der Waals surface area (Å²) in [5.41, 5.74) is 0. The number of amides is 2. The molecule has 19 heavy (non-hydrogen) atoms. The van der Waals surface area contributed by atoms with Gasteiger partial charge in [0.05, 0.1) is 12.5 Å². The fraction of sp³-hybridized carbons (Fsp3) is 0.833. The Labute approximate surface area is 112 Å². The van der Waals surface area contributed by atoms with E-state index in [9.17, 15) is 9.59 Å². The number of carboxylic acid groups (broad SMARTS) is 1. The Morgan fingerprint density at radius 2 is 2.26 bits per heavy atom. The second-order valence-corrected chi connectivity index (χ2v) is 4.78. The maximum Gasteiger partial charge on any atom is 0.317 e. The van der Waals surface area contributed by atoms with Crippen molar-refractivity contribution in [1.29, 1.82) is 0 Å². The number of nitrogens with one attached hydrogen (secondary N) is 1. The Kier molecular flexibility index (Phi) is 6.58. The molecule has 1 rings (SSSR count). The molecule has 0 aromatic carbocycles. The van der Waals surface area contributed by atoms with E-state index < -0.39 is 12.1 Å². The normalized spacial score (nSPS) is 20.9. The summed E-state index contributed by atoms with van der Waals surface area (Å²) >= 11 is 0. The van der Waals surface area contributed by atoms with Gasteiger partial charge in [-0.2, -0.15) is 0 Å². The molecule has 0 aromatic rings. The lowest BCUT2D eigenvalue weighted by atomic mass is 9.99. The summed E-state index contributed by atoms with van der Waals surface area (Å²) in [6, 6.07) is -0.231. The van der Waals surface area contributed by atoms with Crippen LogP contribution < -0.4 is 5.32 Å². The van der Waals surface area contributed by atoms with E-state index in [1.54, 1.807) is 4.90 Å². The van der Waals surface area contributed by atoms with Crippen molar-refractivity contribution in [3.63, 3.8) is 0 Å². The predicted octanol–water partition coefficient (Wildman–Crippen LogP) is -0.110. The monoisotopic (exact) mass is 274 g/mol. The van der Waals surface area contributed by atoms with Crippen LogP contribution in [0.15, 0.2) is 0 Å². The molecule has 0 radical (unpaired) electrons. The quantitative estimate of drug-likeness (QED) is 0.627. The van der Waals surface area contributed by atoms with Crippen molar-refractivity contribution in [2.45, 2.75) is 25.4 Å². The third-order valence-corrected chi connectivity index (χ3v) is 3.28. The van der Waals surface area contributed by atoms with E-state index in [1.165, 1.54) is 7.11 Å². The van der Waals surface area contributed by atoms with Gasteiger partial charge in [-0.15, -0.1) is 0 Å². The molecule has 2 amide bonds. The second-order valence-electron chi connectivity index (χ2n) is 4.78. The zero-order chi connectivity index (χ0) is 14.3. The Hall–Kier alpha value is -1.34. The summed E-state index contributed by atoms with van der Waals surface area (Å²) in [6.07, 6.45) is 1.14. The Balaban J connectivity index is 2.35. The number of methoxy groups -OCH3 is 1. The Morgan fingerprint density at radius 3 is 2.84 bits per heavy atom. The molecule has 3 N–H and O–H groups in total. The summed E-state index contributed by atoms with van der Waals surface area (Å²) in [4.78, 5) is 24.1. The fourth-order valence-electron chi connectivity index (χ4n) is 2.15. The third-order valence-electron chi connectivity index (χ3n) is 3.28. The SMILES string of the molecule is COC(CNC(=O)N1CCCC(CO)C1)CC(=O)O. The van der Waals surface area contributed by atoms with E-state index in [-0.39, 0.29) is 31.5 Å². The van der Waals surface area contributed by atoms with Gasteiger partial charge in [0.1, 0.15) is 0 Å². The first kappa shape index (κ1) is 15.7. The minimum atomic E-state index is -0.959. The molecule has 7 nitrogen and oxygen atoms in total. The number of ether oxygens (including phenoxy) is 1. The van der Waals surface area contributed by atoms with Crippen LogP contribution in [0.1, 0.15) is 19.3 Å². The maximum atomic E-state index is 11.9. The van der Waals surface area contributed by atoms with Gasteiger partial charge in [0, 0.05) is 33.4 Å². The fourth-order valence-corrected chi connectivity index (χ4v) is 2.15. The van der Waals surface area contributed by atoms with Crippen LogP contribution >= 0.6 is 0 Å². The zero-order valence-corrected chi connectivity index (χ0v) is 11.2. The van der Waals surface area contributed by atoms with Crippen molar-refractivity contribution in [2.75, 3.05) is 33.4 Å². The molecule has 0 aliphatic carbocycles. The molecule has 2 unspecified atom stereocenters. The van der Waals surface area contributed by atoms with Gasteiger partial charge < -0.3 is 25.2 Å². The van der Waals surface area contributed by atoms with Gasteiger partial charge in [-0.1, -0.05) is 0 Å². The predicted molar refractivity (Wildman–Crippen MR) is 67.8 cm³/mol. The number of carboxylic acids is 1. The molecule has 2 atom stereocenters. The minimum Gasteiger partial charge on any atom is -0.481 e. The molecule has 1 aliphatic heterocycles. The average Bonchev–Trinajstić information content (AvgIpc) is 2.42. The first-order valence-electron chi connectivity index (χ1n) is 6.45. The zero-order valence-electron chi connectivity index (χ0n) is 11.2. The smallest absolute Gasteiger partial charge is 0.317 e. The highest BCUT2D eigenvalue weighted by molar-refractivity contribution is 5.74. The van der Waals surface area contributed by atoms with Crippen molar-refractivity contribution in [3.05, 3.63) is 0 Å². The molecule has 7 heteroatoms. The lowest BCUT2D eigenvalue weighted by Gasteiger charge is -2.32. The number of carbonyl (C=O) groups is 2. The molecule has 0 bridgehead atoms. The van der Waals surface area contributed by atoms with Crippen molar-refractivity contribution < 1.29 is 24.5 Å². The number of nitrogens with zero attached hydrogens (tertiary/aromatic N) is 1. The summed E-state index contributed by atoms with van der Waals surface area (Å²) < 4.78 is 4.99. The number of hydrogen-bond acceptors (Lipinski definition) is 4. The summed E-state index contributed by atoms with van der Waals surface area (Å²) in [7, 11) is 1.42. The minimum absolute atomic E-state index is 0.0868. The number of urea groups is 1. The van der Waals surface area contributed by atoms with Gasteiger partial charge in [-0.25, -0.2) is 4.79 Å². The van der Waals surface area contributed by atoms with E-state index >= 15 is 0 Å². The van der Waals surface area contributed by atoms with Crippen LogP contribution in [0.25, 0.3) is 0 Å². The number of likely N-dealkylation sites (tertiary alicyclic amines) is 1. The molecular formula is C12H22N2O5. The number of aliphatic hydroxyl groups excluding tert-OH is 1. The second kappa shape index (κ2) is 7.96. The van der Waals surface area contributed by atoms with Gasteiger partial charge in [-0.3, -0.25) is 4.79 Å². The number of aliphatic carboxylic acids is 1. The van der Waals surface area contributed by atoms with Gasteiger partial charge >= 0.3 is 12.0 Å². The standard InChI is InChI=1S/C12H22N2O5/c1-19-10(5-11(16)17)6-13-12(18)14-4-2-3-9(7-14)8-15/h9-10,15H,2-8H2,1H3,(H,13,18)(H,16,17). The van der Waals surface area contributed by atoms with Crippen LogP contribution in [0.3, 0.4) is 0 Å². The van der Waals surface area contributed by atoms with Crippen molar-refractivity contribution >= 4 is 12.0 Å². The highest BCUT2D eigenvalue weighted by Crippen LogP contribution is 2.15. The molecule has 1 heterocycles. The van der Waals surface area contributed by atoms with Crippen LogP contribution in [0.5, 0.6) is 0 Å².